The second-order valence-corrected chi connectivity index (χ2v) is 6.70. The average molecular weight is 560 g/mol. The van der Waals surface area contributed by atoms with Crippen molar-refractivity contribution in [2.45, 2.75) is 72.6 Å². The topological polar surface area (TPSA) is 20.2 Å². The fourth-order valence-electron chi connectivity index (χ4n) is 1.99. The molecule has 0 aliphatic rings. The van der Waals surface area contributed by atoms with Gasteiger partial charge in [0.1, 0.15) is 0 Å². The van der Waals surface area contributed by atoms with Gasteiger partial charge in [-0.3, -0.25) is 0 Å². The van der Waals surface area contributed by atoms with Gasteiger partial charge in [-0.1, -0.05) is 0 Å². The van der Waals surface area contributed by atoms with E-state index >= 15 is 0 Å². The fraction of sp³-hybridized carbons (Fsp3) is 1.00. The van der Waals surface area contributed by atoms with E-state index in [0.29, 0.717) is 0 Å². The van der Waals surface area contributed by atoms with Gasteiger partial charge >= 0.3 is 53.6 Å². The maximum atomic E-state index is 13.5. The summed E-state index contributed by atoms with van der Waals surface area (Å²) >= 11 is 0. The highest BCUT2D eigenvalue weighted by Gasteiger charge is 2.96. The minimum absolute atomic E-state index is 1.68. The number of hydrogen-bond donors (Lipinski definition) is 1. The van der Waals surface area contributed by atoms with Crippen LogP contribution in [0.3, 0.4) is 0 Å². The van der Waals surface area contributed by atoms with E-state index in [2.05, 4.69) is 0 Å². The van der Waals surface area contributed by atoms with Crippen molar-refractivity contribution in [1.82, 2.24) is 0 Å². The predicted octanol–water partition coefficient (Wildman–Crippen LogP) is 6.74. The van der Waals surface area contributed by atoms with Crippen LogP contribution >= 0.6 is 0 Å². The van der Waals surface area contributed by atoms with Crippen LogP contribution in [-0.2, 0) is 0 Å². The van der Waals surface area contributed by atoms with Crippen molar-refractivity contribution in [2.24, 2.45) is 0 Å². The molecule has 0 heterocycles. The summed E-state index contributed by atoms with van der Waals surface area (Å²) in [5, 5.41) is 8.04. The van der Waals surface area contributed by atoms with E-state index in [9.17, 15) is 87.8 Å². The lowest BCUT2D eigenvalue weighted by Crippen LogP contribution is -2.77. The van der Waals surface area contributed by atoms with Gasteiger partial charge in [0.05, 0.1) is 0 Å². The number of hydrogen-bond acceptors (Lipinski definition) is 1. The van der Waals surface area contributed by atoms with E-state index in [4.69, 9.17) is 5.11 Å². The highest BCUT2D eigenvalue weighted by molar-refractivity contribution is 5.18. The van der Waals surface area contributed by atoms with Crippen molar-refractivity contribution in [3.63, 3.8) is 0 Å². The Morgan fingerprint density at radius 3 is 0.882 bits per heavy atom. The lowest BCUT2D eigenvalue weighted by atomic mass is 9.83. The summed E-state index contributed by atoms with van der Waals surface area (Å²) in [5.74, 6) is -66.7. The zero-order valence-corrected chi connectivity index (χ0v) is 15.4. The third-order valence-electron chi connectivity index (χ3n) is 4.37. The number of alkyl halides is 20. The molecule has 0 saturated carbocycles. The Labute approximate surface area is 173 Å². The van der Waals surface area contributed by atoms with Crippen molar-refractivity contribution in [3.05, 3.63) is 0 Å². The molecule has 0 radical (unpaired) electrons. The van der Waals surface area contributed by atoms with Gasteiger partial charge in [-0.2, -0.15) is 83.4 Å². The zero-order chi connectivity index (χ0) is 28.4. The molecule has 0 saturated heterocycles. The first-order valence-corrected chi connectivity index (χ1v) is 7.70. The van der Waals surface area contributed by atoms with Crippen LogP contribution in [0.25, 0.3) is 0 Å². The molecule has 0 amide bonds. The Balaban J connectivity index is 7.01. The second kappa shape index (κ2) is 8.04. The summed E-state index contributed by atoms with van der Waals surface area (Å²) in [4.78, 5) is 0. The Hall–Kier alpha value is -1.44. The summed E-state index contributed by atoms with van der Waals surface area (Å²) in [6.07, 6.45) is -10.3. The Morgan fingerprint density at radius 2 is 0.647 bits per heavy atom. The van der Waals surface area contributed by atoms with Gasteiger partial charge in [-0.05, 0) is 6.92 Å². The number of aliphatic hydroxyl groups is 1. The van der Waals surface area contributed by atoms with Gasteiger partial charge in [0.2, 0.25) is 0 Å². The van der Waals surface area contributed by atoms with Crippen LogP contribution in [0, 0.1) is 0 Å². The highest BCUT2D eigenvalue weighted by atomic mass is 19.4. The first kappa shape index (κ1) is 32.6. The average Bonchev–Trinajstić information content (AvgIpc) is 2.59. The summed E-state index contributed by atoms with van der Waals surface area (Å²) < 4.78 is 263. The first-order valence-electron chi connectivity index (χ1n) is 7.70. The molecular formula is C13H8F20O. The molecule has 1 N–H and O–H groups in total. The quantitative estimate of drug-likeness (QED) is 0.294. The van der Waals surface area contributed by atoms with Crippen molar-refractivity contribution in [3.8, 4) is 0 Å². The summed E-state index contributed by atoms with van der Waals surface area (Å²) in [5.41, 5.74) is -6.96. The smallest absolute Gasteiger partial charge is 0.396 e. The Bertz CT molecular complexity index is 731. The van der Waals surface area contributed by atoms with Gasteiger partial charge in [0, 0.05) is 13.0 Å². The van der Waals surface area contributed by atoms with Crippen molar-refractivity contribution in [2.75, 3.05) is 6.61 Å². The second-order valence-electron chi connectivity index (χ2n) is 6.70. The molecule has 1 nitrogen and oxygen atoms in total. The summed E-state index contributed by atoms with van der Waals surface area (Å²) in [7, 11) is 0. The molecule has 0 fully saturated rings. The molecule has 21 heteroatoms. The molecule has 34 heavy (non-hydrogen) atoms. The maximum Gasteiger partial charge on any atom is 0.428 e. The monoisotopic (exact) mass is 560 g/mol. The van der Waals surface area contributed by atoms with Crippen LogP contribution < -0.4 is 0 Å². The third kappa shape index (κ3) is 3.82. The molecule has 0 aliphatic heterocycles. The van der Waals surface area contributed by atoms with E-state index in [-0.39, 0.29) is 0 Å². The number of aliphatic hydroxyl groups excluding tert-OH is 1. The van der Waals surface area contributed by atoms with Crippen LogP contribution in [0.15, 0.2) is 0 Å². The van der Waals surface area contributed by atoms with Crippen molar-refractivity contribution >= 4 is 0 Å². The first-order chi connectivity index (χ1) is 14.3. The van der Waals surface area contributed by atoms with Gasteiger partial charge in [-0.25, -0.2) is 4.39 Å². The van der Waals surface area contributed by atoms with Crippen LogP contribution in [-0.4, -0.2) is 70.9 Å². The predicted molar refractivity (Wildman–Crippen MR) is 66.8 cm³/mol. The van der Waals surface area contributed by atoms with Gasteiger partial charge in [-0.15, -0.1) is 0 Å². The minimum Gasteiger partial charge on any atom is -0.396 e. The molecule has 1 atom stereocenters. The summed E-state index contributed by atoms with van der Waals surface area (Å²) in [6, 6.07) is 0. The van der Waals surface area contributed by atoms with Crippen molar-refractivity contribution in [1.29, 1.82) is 0 Å². The highest BCUT2D eigenvalue weighted by Crippen LogP contribution is 2.66. The molecule has 0 rings (SSSR count). The van der Waals surface area contributed by atoms with E-state index in [0.717, 1.165) is 0 Å². The normalized spacial score (nSPS) is 18.2. The molecule has 0 bridgehead atoms. The largest absolute Gasteiger partial charge is 0.428 e. The lowest BCUT2D eigenvalue weighted by Gasteiger charge is -2.45. The van der Waals surface area contributed by atoms with Crippen molar-refractivity contribution < 1.29 is 92.9 Å². The fourth-order valence-corrected chi connectivity index (χ4v) is 1.99. The number of rotatable bonds is 10. The Morgan fingerprint density at radius 1 is 0.412 bits per heavy atom. The molecule has 0 aromatic carbocycles. The molecule has 206 valence electrons. The van der Waals surface area contributed by atoms with E-state index in [1.807, 2.05) is 0 Å². The van der Waals surface area contributed by atoms with E-state index in [1.54, 1.807) is 0 Å². The van der Waals surface area contributed by atoms with Gasteiger partial charge in [0.25, 0.3) is 5.67 Å². The van der Waals surface area contributed by atoms with Crippen LogP contribution in [0.2, 0.25) is 0 Å². The lowest BCUT2D eigenvalue weighted by molar-refractivity contribution is -0.464. The molecule has 0 spiro atoms. The van der Waals surface area contributed by atoms with E-state index < -0.39 is 79.2 Å². The summed E-state index contributed by atoms with van der Waals surface area (Å²) in [6.45, 7) is -3.95. The molecular weight excluding hydrogens is 552 g/mol. The van der Waals surface area contributed by atoms with E-state index in [1.165, 1.54) is 0 Å². The Kier molecular flexibility index (Phi) is 7.70. The van der Waals surface area contributed by atoms with Crippen LogP contribution in [0.4, 0.5) is 87.8 Å². The standard InChI is InChI=1S/C13H8F20O/c1-4(14,13(31,32)33)6(17,18)8(21,22)10(25,26)12(29,30)11(27,28)9(23,24)7(19,20)5(15,16)2-3-34/h34H,2-3H2,1H3. The van der Waals surface area contributed by atoms with Gasteiger partial charge < -0.3 is 5.11 Å². The number of halogens is 20. The van der Waals surface area contributed by atoms with Crippen LogP contribution in [0.5, 0.6) is 0 Å². The molecule has 1 unspecified atom stereocenters. The molecule has 0 aliphatic carbocycles. The van der Waals surface area contributed by atoms with Gasteiger partial charge in [0.15, 0.2) is 0 Å². The third-order valence-corrected chi connectivity index (χ3v) is 4.37. The van der Waals surface area contributed by atoms with Crippen LogP contribution in [0.1, 0.15) is 13.3 Å². The maximum absolute atomic E-state index is 13.5. The molecule has 0 aromatic rings. The zero-order valence-electron chi connectivity index (χ0n) is 15.4. The molecule has 0 aromatic heterocycles. The SMILES string of the molecule is CC(F)(C(F)(F)F)C(F)(F)C(F)(F)C(F)(F)C(F)(F)C(F)(F)C(F)(F)C(F)(F)C(F)(F)CCO. The minimum atomic E-state index is -8.98.